The topological polar surface area (TPSA) is 46.1 Å². The van der Waals surface area contributed by atoms with Gasteiger partial charge in [0.25, 0.3) is 0 Å². The van der Waals surface area contributed by atoms with E-state index in [1.165, 1.54) is 0 Å². The van der Waals surface area contributed by atoms with Gasteiger partial charge in [0.05, 0.1) is 17.2 Å². The van der Waals surface area contributed by atoms with Crippen LogP contribution in [0.1, 0.15) is 61.4 Å². The van der Waals surface area contributed by atoms with Gasteiger partial charge in [0.2, 0.25) is 5.91 Å². The first-order valence-corrected chi connectivity index (χ1v) is 9.94. The van der Waals surface area contributed by atoms with Crippen molar-refractivity contribution in [2.75, 3.05) is 0 Å². The molecule has 5 rings (SSSR count). The third-order valence-corrected chi connectivity index (χ3v) is 6.87. The highest BCUT2D eigenvalue weighted by molar-refractivity contribution is 6.30. The summed E-state index contributed by atoms with van der Waals surface area (Å²) in [5.41, 5.74) is 3.01. The van der Waals surface area contributed by atoms with Crippen molar-refractivity contribution in [1.29, 1.82) is 0 Å². The van der Waals surface area contributed by atoms with Gasteiger partial charge in [-0.05, 0) is 43.4 Å². The van der Waals surface area contributed by atoms with Gasteiger partial charge in [-0.2, -0.15) is 0 Å². The molecule has 2 atom stereocenters. The predicted octanol–water partition coefficient (Wildman–Crippen LogP) is 4.23. The number of fused-ring (bicyclic) bond motifs is 4. The van der Waals surface area contributed by atoms with E-state index in [4.69, 9.17) is 11.6 Å². The molecule has 0 spiro atoms. The zero-order chi connectivity index (χ0) is 17.7. The maximum atomic E-state index is 13.9. The van der Waals surface area contributed by atoms with Crippen molar-refractivity contribution in [2.24, 2.45) is 0 Å². The standard InChI is InChI=1S/C21H22ClN3O/c22-15-5-3-14(4-6-15)21(9-1-2-10-21)20(26)25-16-7-8-19(25)17-12-23-13-24-18(17)11-16/h3-6,12-13,16,19H,1-2,7-11H2. The SMILES string of the molecule is O=C(N1C2CCC1c1cncnc1C2)C1(c2ccc(Cl)cc2)CCCC1. The molecule has 134 valence electrons. The molecule has 0 N–H and O–H groups in total. The van der Waals surface area contributed by atoms with Crippen LogP contribution in [0, 0.1) is 0 Å². The predicted molar refractivity (Wildman–Crippen MR) is 99.9 cm³/mol. The van der Waals surface area contributed by atoms with Gasteiger partial charge in [-0.15, -0.1) is 0 Å². The number of carbonyl (C=O) groups is 1. The number of rotatable bonds is 2. The maximum absolute atomic E-state index is 13.9. The molecular weight excluding hydrogens is 346 g/mol. The van der Waals surface area contributed by atoms with Crippen molar-refractivity contribution < 1.29 is 4.79 Å². The molecule has 3 heterocycles. The molecule has 1 aliphatic carbocycles. The molecule has 1 saturated carbocycles. The molecule has 1 aromatic heterocycles. The van der Waals surface area contributed by atoms with E-state index >= 15 is 0 Å². The lowest BCUT2D eigenvalue weighted by Gasteiger charge is -2.41. The molecule has 5 heteroatoms. The number of amides is 1. The molecule has 26 heavy (non-hydrogen) atoms. The second-order valence-corrected chi connectivity index (χ2v) is 8.32. The summed E-state index contributed by atoms with van der Waals surface area (Å²) in [4.78, 5) is 24.8. The molecule has 3 aliphatic rings. The zero-order valence-electron chi connectivity index (χ0n) is 14.7. The van der Waals surface area contributed by atoms with E-state index in [-0.39, 0.29) is 12.1 Å². The van der Waals surface area contributed by atoms with Gasteiger partial charge in [-0.1, -0.05) is 36.6 Å². The lowest BCUT2D eigenvalue weighted by atomic mass is 9.76. The number of hydrogen-bond donors (Lipinski definition) is 0. The smallest absolute Gasteiger partial charge is 0.234 e. The summed E-state index contributed by atoms with van der Waals surface area (Å²) < 4.78 is 0. The Morgan fingerprint density at radius 3 is 2.69 bits per heavy atom. The summed E-state index contributed by atoms with van der Waals surface area (Å²) >= 11 is 6.10. The average molecular weight is 368 g/mol. The van der Waals surface area contributed by atoms with Crippen LogP contribution in [0.4, 0.5) is 0 Å². The van der Waals surface area contributed by atoms with E-state index in [1.54, 1.807) is 6.33 Å². The minimum Gasteiger partial charge on any atom is -0.331 e. The van der Waals surface area contributed by atoms with Gasteiger partial charge in [0.15, 0.2) is 0 Å². The largest absolute Gasteiger partial charge is 0.331 e. The third-order valence-electron chi connectivity index (χ3n) is 6.62. The Balaban J connectivity index is 1.55. The van der Waals surface area contributed by atoms with Gasteiger partial charge in [-0.3, -0.25) is 4.79 Å². The highest BCUT2D eigenvalue weighted by Gasteiger charge is 2.51. The molecule has 2 aromatic rings. The molecule has 2 bridgehead atoms. The maximum Gasteiger partial charge on any atom is 0.234 e. The lowest BCUT2D eigenvalue weighted by molar-refractivity contribution is -0.141. The fourth-order valence-corrected chi connectivity index (χ4v) is 5.48. The van der Waals surface area contributed by atoms with E-state index in [9.17, 15) is 4.79 Å². The van der Waals surface area contributed by atoms with Gasteiger partial charge in [0, 0.05) is 29.2 Å². The summed E-state index contributed by atoms with van der Waals surface area (Å²) in [7, 11) is 0. The first-order chi connectivity index (χ1) is 12.7. The number of carbonyl (C=O) groups excluding carboxylic acids is 1. The normalized spacial score (nSPS) is 26.0. The summed E-state index contributed by atoms with van der Waals surface area (Å²) in [6, 6.07) is 8.35. The highest BCUT2D eigenvalue weighted by Crippen LogP contribution is 2.49. The summed E-state index contributed by atoms with van der Waals surface area (Å²) in [6.07, 6.45) is 10.6. The van der Waals surface area contributed by atoms with E-state index < -0.39 is 5.41 Å². The van der Waals surface area contributed by atoms with Gasteiger partial charge < -0.3 is 4.90 Å². The minimum atomic E-state index is -0.390. The van der Waals surface area contributed by atoms with Gasteiger partial charge in [0.1, 0.15) is 6.33 Å². The second-order valence-electron chi connectivity index (χ2n) is 7.88. The van der Waals surface area contributed by atoms with Crippen LogP contribution in [-0.2, 0) is 16.6 Å². The van der Waals surface area contributed by atoms with Gasteiger partial charge in [-0.25, -0.2) is 9.97 Å². The quantitative estimate of drug-likeness (QED) is 0.797. The number of aromatic nitrogens is 2. The number of halogens is 1. The van der Waals surface area contributed by atoms with Crippen LogP contribution in [0.25, 0.3) is 0 Å². The van der Waals surface area contributed by atoms with E-state index in [0.717, 1.165) is 66.8 Å². The molecule has 2 aliphatic heterocycles. The Hall–Kier alpha value is -1.94. The lowest BCUT2D eigenvalue weighted by Crippen LogP contribution is -2.50. The number of benzene rings is 1. The van der Waals surface area contributed by atoms with Crippen molar-refractivity contribution in [2.45, 2.75) is 62.4 Å². The first-order valence-electron chi connectivity index (χ1n) is 9.57. The Morgan fingerprint density at radius 2 is 1.92 bits per heavy atom. The minimum absolute atomic E-state index is 0.141. The van der Waals surface area contributed by atoms with E-state index in [1.807, 2.05) is 18.3 Å². The Labute approximate surface area is 158 Å². The third kappa shape index (κ3) is 2.31. The van der Waals surface area contributed by atoms with Crippen LogP contribution in [0.15, 0.2) is 36.8 Å². The molecule has 4 nitrogen and oxygen atoms in total. The van der Waals surface area contributed by atoms with Crippen molar-refractivity contribution in [3.63, 3.8) is 0 Å². The number of hydrogen-bond acceptors (Lipinski definition) is 3. The molecule has 1 amide bonds. The Kier molecular flexibility index (Phi) is 3.78. The van der Waals surface area contributed by atoms with Crippen LogP contribution in [-0.4, -0.2) is 26.8 Å². The number of nitrogens with zero attached hydrogens (tertiary/aromatic N) is 3. The first kappa shape index (κ1) is 16.2. The van der Waals surface area contributed by atoms with Crippen molar-refractivity contribution in [1.82, 2.24) is 14.9 Å². The van der Waals surface area contributed by atoms with Crippen LogP contribution in [0.5, 0.6) is 0 Å². The Morgan fingerprint density at radius 1 is 1.15 bits per heavy atom. The van der Waals surface area contributed by atoms with E-state index in [0.29, 0.717) is 5.91 Å². The molecular formula is C21H22ClN3O. The molecule has 0 radical (unpaired) electrons. The van der Waals surface area contributed by atoms with Crippen LogP contribution in [0.2, 0.25) is 5.02 Å². The molecule has 2 fully saturated rings. The summed E-state index contributed by atoms with van der Waals surface area (Å²) in [5.74, 6) is 0.305. The second kappa shape index (κ2) is 6.05. The fraction of sp³-hybridized carbons (Fsp3) is 0.476. The van der Waals surface area contributed by atoms with Crippen LogP contribution >= 0.6 is 11.6 Å². The zero-order valence-corrected chi connectivity index (χ0v) is 15.5. The molecule has 1 aromatic carbocycles. The van der Waals surface area contributed by atoms with Crippen LogP contribution < -0.4 is 0 Å². The summed E-state index contributed by atoms with van der Waals surface area (Å²) in [6.45, 7) is 0. The van der Waals surface area contributed by atoms with Crippen molar-refractivity contribution in [3.05, 3.63) is 58.6 Å². The van der Waals surface area contributed by atoms with Crippen molar-refractivity contribution >= 4 is 17.5 Å². The Bertz CT molecular complexity index is 845. The van der Waals surface area contributed by atoms with Crippen molar-refractivity contribution in [3.8, 4) is 0 Å². The molecule has 1 saturated heterocycles. The van der Waals surface area contributed by atoms with E-state index in [2.05, 4.69) is 27.0 Å². The fourth-order valence-electron chi connectivity index (χ4n) is 5.35. The monoisotopic (exact) mass is 367 g/mol. The molecule has 2 unspecified atom stereocenters. The van der Waals surface area contributed by atoms with Crippen LogP contribution in [0.3, 0.4) is 0 Å². The van der Waals surface area contributed by atoms with Gasteiger partial charge >= 0.3 is 0 Å². The summed E-state index contributed by atoms with van der Waals surface area (Å²) in [5, 5.41) is 0.721. The average Bonchev–Trinajstić information content (AvgIpc) is 3.27. The highest BCUT2D eigenvalue weighted by atomic mass is 35.5.